The van der Waals surface area contributed by atoms with E-state index in [1.54, 1.807) is 0 Å². The third-order valence-corrected chi connectivity index (χ3v) is 5.86. The summed E-state index contributed by atoms with van der Waals surface area (Å²) in [6.07, 6.45) is 11.2. The summed E-state index contributed by atoms with van der Waals surface area (Å²) in [5, 5.41) is 12.6. The highest BCUT2D eigenvalue weighted by atomic mass is 32.2. The maximum Gasteiger partial charge on any atom is 0.179 e. The molecule has 9 heteroatoms. The molecule has 0 aromatic heterocycles. The van der Waals surface area contributed by atoms with Gasteiger partial charge in [0.15, 0.2) is 23.3 Å². The van der Waals surface area contributed by atoms with Gasteiger partial charge in [0.05, 0.1) is 16.9 Å². The highest BCUT2D eigenvalue weighted by molar-refractivity contribution is 7.99. The van der Waals surface area contributed by atoms with Crippen molar-refractivity contribution >= 4 is 23.8 Å². The fraction of sp³-hybridized carbons (Fsp3) is 0.667. The van der Waals surface area contributed by atoms with Crippen molar-refractivity contribution in [1.29, 1.82) is 0 Å². The van der Waals surface area contributed by atoms with Crippen LogP contribution in [0.3, 0.4) is 0 Å². The molecule has 0 aliphatic heterocycles. The first kappa shape index (κ1) is 24.6. The van der Waals surface area contributed by atoms with Crippen LogP contribution in [0, 0.1) is 23.3 Å². The number of hydrogen-bond acceptors (Lipinski definition) is 5. The molecule has 0 unspecified atom stereocenters. The van der Waals surface area contributed by atoms with E-state index in [1.807, 2.05) is 0 Å². The summed E-state index contributed by atoms with van der Waals surface area (Å²) >= 11 is 0.521. The Morgan fingerprint density at radius 1 is 0.704 bits per heavy atom. The molecule has 156 valence electrons. The Kier molecular flexibility index (Phi) is 13.2. The van der Waals surface area contributed by atoms with Crippen molar-refractivity contribution in [3.05, 3.63) is 23.3 Å². The van der Waals surface area contributed by atoms with Gasteiger partial charge in [-0.3, -0.25) is 5.04 Å². The number of halogens is 4. The normalized spacial score (nSPS) is 11.3. The molecule has 1 rings (SSSR count). The fourth-order valence-corrected chi connectivity index (χ4v) is 4.01. The molecule has 1 aromatic carbocycles. The van der Waals surface area contributed by atoms with E-state index in [4.69, 9.17) is 0 Å². The van der Waals surface area contributed by atoms with Gasteiger partial charge in [0.2, 0.25) is 0 Å². The second-order valence-electron chi connectivity index (χ2n) is 6.16. The second-order valence-corrected chi connectivity index (χ2v) is 7.98. The second kappa shape index (κ2) is 14.5. The SMILES string of the molecule is CCCCCCCCCCCCSc1c(F)c(F)c(SOO[O-])c(F)c1F. The van der Waals surface area contributed by atoms with Gasteiger partial charge in [-0.2, -0.15) is 4.33 Å². The molecule has 0 aliphatic carbocycles. The summed E-state index contributed by atoms with van der Waals surface area (Å²) < 4.78 is 59.2. The summed E-state index contributed by atoms with van der Waals surface area (Å²) in [4.78, 5) is -1.79. The van der Waals surface area contributed by atoms with Crippen LogP contribution in [0.4, 0.5) is 17.6 Å². The third-order valence-electron chi connectivity index (χ3n) is 4.07. The predicted molar refractivity (Wildman–Crippen MR) is 96.9 cm³/mol. The molecule has 0 fully saturated rings. The van der Waals surface area contributed by atoms with Crippen molar-refractivity contribution in [3.63, 3.8) is 0 Å². The Balaban J connectivity index is 2.34. The molecule has 0 heterocycles. The van der Waals surface area contributed by atoms with Gasteiger partial charge in [0, 0.05) is 0 Å². The molecule has 0 aliphatic rings. The molecule has 0 spiro atoms. The smallest absolute Gasteiger partial charge is 0.179 e. The van der Waals surface area contributed by atoms with Gasteiger partial charge in [-0.15, -0.1) is 11.8 Å². The van der Waals surface area contributed by atoms with Gasteiger partial charge in [0.25, 0.3) is 0 Å². The highest BCUT2D eigenvalue weighted by Crippen LogP contribution is 2.36. The lowest BCUT2D eigenvalue weighted by Crippen LogP contribution is -2.05. The van der Waals surface area contributed by atoms with E-state index in [0.29, 0.717) is 12.2 Å². The average Bonchev–Trinajstić information content (AvgIpc) is 2.67. The first-order valence-electron chi connectivity index (χ1n) is 9.16. The molecular formula is C18H25F4O3S2-. The zero-order valence-electron chi connectivity index (χ0n) is 15.3. The van der Waals surface area contributed by atoms with Crippen LogP contribution >= 0.6 is 23.8 Å². The lowest BCUT2D eigenvalue weighted by Gasteiger charge is -2.11. The molecule has 0 amide bonds. The molecular weight excluding hydrogens is 404 g/mol. The third kappa shape index (κ3) is 8.60. The molecule has 0 saturated carbocycles. The lowest BCUT2D eigenvalue weighted by molar-refractivity contribution is -0.777. The van der Waals surface area contributed by atoms with E-state index in [0.717, 1.165) is 31.0 Å². The van der Waals surface area contributed by atoms with Gasteiger partial charge in [-0.05, 0) is 12.2 Å². The fourth-order valence-electron chi connectivity index (χ4n) is 2.60. The van der Waals surface area contributed by atoms with Gasteiger partial charge >= 0.3 is 0 Å². The highest BCUT2D eigenvalue weighted by Gasteiger charge is 2.26. The van der Waals surface area contributed by atoms with Crippen LogP contribution in [0.2, 0.25) is 0 Å². The first-order chi connectivity index (χ1) is 13.0. The number of benzene rings is 1. The quantitative estimate of drug-likeness (QED) is 0.0606. The monoisotopic (exact) mass is 429 g/mol. The Morgan fingerprint density at radius 3 is 1.63 bits per heavy atom. The van der Waals surface area contributed by atoms with Crippen molar-refractivity contribution in [2.24, 2.45) is 0 Å². The summed E-state index contributed by atoms with van der Waals surface area (Å²) in [6.45, 7) is 2.18. The Hall–Kier alpha value is -0.480. The maximum absolute atomic E-state index is 13.9. The summed E-state index contributed by atoms with van der Waals surface area (Å²) in [6, 6.07) is 0. The van der Waals surface area contributed by atoms with Gasteiger partial charge in [-0.1, -0.05) is 64.7 Å². The molecule has 27 heavy (non-hydrogen) atoms. The molecule has 0 radical (unpaired) electrons. The van der Waals surface area contributed by atoms with E-state index in [-0.39, 0.29) is 12.0 Å². The number of unbranched alkanes of at least 4 members (excludes halogenated alkanes) is 9. The average molecular weight is 430 g/mol. The predicted octanol–water partition coefficient (Wildman–Crippen LogP) is 6.49. The number of hydrogen-bond donors (Lipinski definition) is 0. The molecule has 0 saturated heterocycles. The van der Waals surface area contributed by atoms with E-state index in [9.17, 15) is 22.8 Å². The maximum atomic E-state index is 13.9. The summed E-state index contributed by atoms with van der Waals surface area (Å²) in [7, 11) is 0. The van der Waals surface area contributed by atoms with E-state index in [2.05, 4.69) is 16.3 Å². The minimum Gasteiger partial charge on any atom is -0.691 e. The van der Waals surface area contributed by atoms with Crippen molar-refractivity contribution in [2.45, 2.75) is 80.9 Å². The summed E-state index contributed by atoms with van der Waals surface area (Å²) in [5.41, 5.74) is 0. The van der Waals surface area contributed by atoms with E-state index in [1.165, 1.54) is 38.5 Å². The van der Waals surface area contributed by atoms with E-state index < -0.39 is 33.1 Å². The van der Waals surface area contributed by atoms with E-state index >= 15 is 0 Å². The van der Waals surface area contributed by atoms with Crippen LogP contribution in [0.25, 0.3) is 0 Å². The standard InChI is InChI=1S/C18H26F4O3S2/c1-2-3-4-5-6-7-8-9-10-11-12-26-17-13(19)15(21)18(27-25-24-23)16(22)14(17)20/h23H,2-12H2,1H3/p-1. The van der Waals surface area contributed by atoms with Crippen LogP contribution in [0.15, 0.2) is 9.79 Å². The van der Waals surface area contributed by atoms with Crippen molar-refractivity contribution in [2.75, 3.05) is 5.75 Å². The van der Waals surface area contributed by atoms with Gasteiger partial charge < -0.3 is 5.26 Å². The van der Waals surface area contributed by atoms with Crippen LogP contribution in [-0.4, -0.2) is 5.75 Å². The number of thioether (sulfide) groups is 1. The van der Waals surface area contributed by atoms with Crippen molar-refractivity contribution in [1.82, 2.24) is 0 Å². The molecule has 3 nitrogen and oxygen atoms in total. The van der Waals surface area contributed by atoms with Crippen molar-refractivity contribution < 1.29 is 32.2 Å². The van der Waals surface area contributed by atoms with Crippen LogP contribution in [0.5, 0.6) is 0 Å². The van der Waals surface area contributed by atoms with Crippen LogP contribution in [0.1, 0.15) is 71.1 Å². The Bertz CT molecular complexity index is 533. The molecule has 0 atom stereocenters. The van der Waals surface area contributed by atoms with Crippen LogP contribution < -0.4 is 5.26 Å². The zero-order valence-corrected chi connectivity index (χ0v) is 17.0. The summed E-state index contributed by atoms with van der Waals surface area (Å²) in [5.74, 6) is -5.86. The minimum absolute atomic E-state index is 0.218. The largest absolute Gasteiger partial charge is 0.691 e. The topological polar surface area (TPSA) is 41.5 Å². The molecule has 1 aromatic rings. The zero-order chi connectivity index (χ0) is 20.1. The van der Waals surface area contributed by atoms with Crippen LogP contribution in [-0.2, 0) is 9.37 Å². The lowest BCUT2D eigenvalue weighted by atomic mass is 10.1. The first-order valence-corrected chi connectivity index (χ1v) is 10.9. The molecule has 0 bridgehead atoms. The van der Waals surface area contributed by atoms with Gasteiger partial charge in [0.1, 0.15) is 4.90 Å². The minimum atomic E-state index is -1.61. The Morgan fingerprint density at radius 2 is 1.15 bits per heavy atom. The number of rotatable bonds is 15. The Labute approximate surface area is 166 Å². The van der Waals surface area contributed by atoms with Crippen molar-refractivity contribution in [3.8, 4) is 0 Å². The van der Waals surface area contributed by atoms with Gasteiger partial charge in [-0.25, -0.2) is 17.6 Å². The molecule has 0 N–H and O–H groups in total.